The number of likely N-dealkylation sites (N-methyl/N-ethyl adjacent to an activating group) is 1. The van der Waals surface area contributed by atoms with Crippen LogP contribution in [0.15, 0.2) is 10.9 Å². The number of aromatic nitrogens is 1. The van der Waals surface area contributed by atoms with Crippen LogP contribution < -0.4 is 5.32 Å². The van der Waals surface area contributed by atoms with Crippen molar-refractivity contribution in [1.82, 2.24) is 15.2 Å². The number of nitrogens with zero attached hydrogens (tertiary/aromatic N) is 2. The van der Waals surface area contributed by atoms with Gasteiger partial charge in [0.05, 0.1) is 23.4 Å². The Kier molecular flexibility index (Phi) is 4.48. The van der Waals surface area contributed by atoms with Gasteiger partial charge in [0.25, 0.3) is 0 Å². The Morgan fingerprint density at radius 1 is 1.37 bits per heavy atom. The molecule has 2 atom stereocenters. The molecule has 2 heterocycles. The highest BCUT2D eigenvalue weighted by Crippen LogP contribution is 2.23. The molecule has 1 aromatic rings. The Morgan fingerprint density at radius 3 is 2.95 bits per heavy atom. The average Bonchev–Trinajstić information content (AvgIpc) is 2.88. The van der Waals surface area contributed by atoms with Gasteiger partial charge in [0.2, 0.25) is 0 Å². The Bertz CT molecular complexity index is 380. The van der Waals surface area contributed by atoms with Gasteiger partial charge in [-0.05, 0) is 32.7 Å². The smallest absolute Gasteiger partial charge is 0.0795 e. The molecule has 5 heteroatoms. The van der Waals surface area contributed by atoms with E-state index in [1.54, 1.807) is 11.3 Å². The van der Waals surface area contributed by atoms with Gasteiger partial charge in [-0.2, -0.15) is 0 Å². The van der Waals surface area contributed by atoms with Crippen molar-refractivity contribution in [3.8, 4) is 0 Å². The van der Waals surface area contributed by atoms with Gasteiger partial charge in [-0.15, -0.1) is 11.3 Å². The van der Waals surface area contributed by atoms with Gasteiger partial charge < -0.3 is 10.1 Å². The third-order valence-corrected chi connectivity index (χ3v) is 4.47. The third kappa shape index (κ3) is 4.24. The average molecular weight is 281 g/mol. The number of ether oxygens (including phenoxy) is 1. The zero-order valence-electron chi connectivity index (χ0n) is 11.5. The normalized spacial score (nSPS) is 27.3. The standard InChI is InChI=1S/C14H23N3OS/c1-17(7-12-9-19-10-16-12)8-14-5-4-13(18-14)6-15-11-2-3-11/h9-11,13-15H,2-8H2,1H3. The second-order valence-corrected chi connectivity index (χ2v) is 6.54. The molecule has 1 aliphatic heterocycles. The van der Waals surface area contributed by atoms with Crippen molar-refractivity contribution in [3.63, 3.8) is 0 Å². The monoisotopic (exact) mass is 281 g/mol. The minimum atomic E-state index is 0.398. The fraction of sp³-hybridized carbons (Fsp3) is 0.786. The SMILES string of the molecule is CN(Cc1cscn1)CC1CCC(CNC2CC2)O1. The van der Waals surface area contributed by atoms with E-state index in [1.807, 2.05) is 5.51 Å². The summed E-state index contributed by atoms with van der Waals surface area (Å²) in [4.78, 5) is 6.64. The fourth-order valence-electron chi connectivity index (χ4n) is 2.65. The minimum Gasteiger partial charge on any atom is -0.372 e. The van der Waals surface area contributed by atoms with E-state index in [0.717, 1.165) is 31.4 Å². The maximum atomic E-state index is 6.11. The Morgan fingerprint density at radius 2 is 2.21 bits per heavy atom. The van der Waals surface area contributed by atoms with Crippen molar-refractivity contribution in [2.45, 2.75) is 50.5 Å². The molecule has 2 fully saturated rings. The molecule has 2 aliphatic rings. The summed E-state index contributed by atoms with van der Waals surface area (Å²) < 4.78 is 6.11. The summed E-state index contributed by atoms with van der Waals surface area (Å²) in [5.74, 6) is 0. The molecule has 1 saturated carbocycles. The molecule has 0 radical (unpaired) electrons. The minimum absolute atomic E-state index is 0.398. The molecule has 1 aliphatic carbocycles. The molecule has 3 rings (SSSR count). The Balaban J connectivity index is 1.35. The van der Waals surface area contributed by atoms with Crippen LogP contribution in [0.1, 0.15) is 31.4 Å². The van der Waals surface area contributed by atoms with E-state index in [0.29, 0.717) is 12.2 Å². The van der Waals surface area contributed by atoms with Gasteiger partial charge in [-0.3, -0.25) is 4.90 Å². The summed E-state index contributed by atoms with van der Waals surface area (Å²) in [6.45, 7) is 2.97. The van der Waals surface area contributed by atoms with Crippen LogP contribution in [-0.2, 0) is 11.3 Å². The maximum absolute atomic E-state index is 6.11. The summed E-state index contributed by atoms with van der Waals surface area (Å²) in [6, 6.07) is 0.787. The predicted molar refractivity (Wildman–Crippen MR) is 77.4 cm³/mol. The van der Waals surface area contributed by atoms with E-state index in [-0.39, 0.29) is 0 Å². The van der Waals surface area contributed by atoms with Crippen LogP contribution in [0, 0.1) is 0 Å². The van der Waals surface area contributed by atoms with Gasteiger partial charge in [0.1, 0.15) is 0 Å². The number of thiazole rings is 1. The summed E-state index contributed by atoms with van der Waals surface area (Å²) in [5, 5.41) is 5.68. The quantitative estimate of drug-likeness (QED) is 0.828. The Labute approximate surface area is 119 Å². The predicted octanol–water partition coefficient (Wildman–Crippen LogP) is 1.87. The molecule has 4 nitrogen and oxygen atoms in total. The van der Waals surface area contributed by atoms with Gasteiger partial charge in [0.15, 0.2) is 0 Å². The Hall–Kier alpha value is -0.490. The van der Waals surface area contributed by atoms with Crippen LogP contribution in [0.25, 0.3) is 0 Å². The van der Waals surface area contributed by atoms with E-state index in [1.165, 1.54) is 25.7 Å². The molecule has 0 spiro atoms. The molecule has 106 valence electrons. The first kappa shape index (κ1) is 13.5. The van der Waals surface area contributed by atoms with Crippen molar-refractivity contribution in [2.24, 2.45) is 0 Å². The molecule has 2 unspecified atom stereocenters. The molecule has 0 bridgehead atoms. The van der Waals surface area contributed by atoms with Crippen LogP contribution in [0.4, 0.5) is 0 Å². The second kappa shape index (κ2) is 6.31. The van der Waals surface area contributed by atoms with E-state index < -0.39 is 0 Å². The lowest BCUT2D eigenvalue weighted by Gasteiger charge is -2.20. The van der Waals surface area contributed by atoms with Crippen molar-refractivity contribution in [3.05, 3.63) is 16.6 Å². The highest BCUT2D eigenvalue weighted by Gasteiger charge is 2.28. The van der Waals surface area contributed by atoms with Crippen LogP contribution in [0.3, 0.4) is 0 Å². The first-order valence-corrected chi connectivity index (χ1v) is 8.18. The number of hydrogen-bond acceptors (Lipinski definition) is 5. The topological polar surface area (TPSA) is 37.4 Å². The zero-order chi connectivity index (χ0) is 13.1. The molecular formula is C14H23N3OS. The molecule has 0 amide bonds. The fourth-order valence-corrected chi connectivity index (χ4v) is 3.20. The van der Waals surface area contributed by atoms with Crippen LogP contribution in [0.5, 0.6) is 0 Å². The molecule has 1 aromatic heterocycles. The first-order chi connectivity index (χ1) is 9.29. The first-order valence-electron chi connectivity index (χ1n) is 7.24. The van der Waals surface area contributed by atoms with Crippen molar-refractivity contribution in [1.29, 1.82) is 0 Å². The summed E-state index contributed by atoms with van der Waals surface area (Å²) in [6.07, 6.45) is 5.93. The highest BCUT2D eigenvalue weighted by atomic mass is 32.1. The molecule has 1 saturated heterocycles. The van der Waals surface area contributed by atoms with E-state index in [2.05, 4.69) is 27.6 Å². The maximum Gasteiger partial charge on any atom is 0.0795 e. The van der Waals surface area contributed by atoms with Crippen molar-refractivity contribution >= 4 is 11.3 Å². The van der Waals surface area contributed by atoms with Crippen LogP contribution in [-0.4, -0.2) is 48.3 Å². The largest absolute Gasteiger partial charge is 0.372 e. The molecular weight excluding hydrogens is 258 g/mol. The highest BCUT2D eigenvalue weighted by molar-refractivity contribution is 7.07. The lowest BCUT2D eigenvalue weighted by Crippen LogP contribution is -2.32. The van der Waals surface area contributed by atoms with Gasteiger partial charge in [-0.1, -0.05) is 0 Å². The second-order valence-electron chi connectivity index (χ2n) is 5.82. The van der Waals surface area contributed by atoms with Gasteiger partial charge in [-0.25, -0.2) is 4.98 Å². The van der Waals surface area contributed by atoms with Gasteiger partial charge >= 0.3 is 0 Å². The molecule has 0 aromatic carbocycles. The van der Waals surface area contributed by atoms with Crippen molar-refractivity contribution < 1.29 is 4.74 Å². The van der Waals surface area contributed by atoms with E-state index in [4.69, 9.17) is 4.74 Å². The van der Waals surface area contributed by atoms with Gasteiger partial charge in [0, 0.05) is 31.1 Å². The van der Waals surface area contributed by atoms with Crippen molar-refractivity contribution in [2.75, 3.05) is 20.1 Å². The third-order valence-electron chi connectivity index (χ3n) is 3.84. The summed E-state index contributed by atoms with van der Waals surface area (Å²) in [7, 11) is 2.15. The summed E-state index contributed by atoms with van der Waals surface area (Å²) in [5.41, 5.74) is 3.06. The molecule has 19 heavy (non-hydrogen) atoms. The van der Waals surface area contributed by atoms with E-state index in [9.17, 15) is 0 Å². The summed E-state index contributed by atoms with van der Waals surface area (Å²) >= 11 is 1.66. The lowest BCUT2D eigenvalue weighted by molar-refractivity contribution is 0.0264. The lowest BCUT2D eigenvalue weighted by atomic mass is 10.2. The molecule has 1 N–H and O–H groups in total. The zero-order valence-corrected chi connectivity index (χ0v) is 12.4. The van der Waals surface area contributed by atoms with E-state index >= 15 is 0 Å². The van der Waals surface area contributed by atoms with Crippen LogP contribution >= 0.6 is 11.3 Å². The number of nitrogens with one attached hydrogen (secondary N) is 1. The van der Waals surface area contributed by atoms with Crippen LogP contribution in [0.2, 0.25) is 0 Å². The number of hydrogen-bond donors (Lipinski definition) is 1. The number of rotatable bonds is 7.